The van der Waals surface area contributed by atoms with Gasteiger partial charge in [0.25, 0.3) is 0 Å². The molecule has 0 bridgehead atoms. The highest BCUT2D eigenvalue weighted by Crippen LogP contribution is 2.27. The zero-order valence-electron chi connectivity index (χ0n) is 16.7. The summed E-state index contributed by atoms with van der Waals surface area (Å²) in [6.45, 7) is 4.26. The van der Waals surface area contributed by atoms with E-state index in [1.54, 1.807) is 12.3 Å². The summed E-state index contributed by atoms with van der Waals surface area (Å²) in [5, 5.41) is 2.87. The van der Waals surface area contributed by atoms with E-state index in [0.717, 1.165) is 42.9 Å². The van der Waals surface area contributed by atoms with Gasteiger partial charge < -0.3 is 5.32 Å². The van der Waals surface area contributed by atoms with Crippen LogP contribution in [0.3, 0.4) is 0 Å². The molecule has 3 aromatic rings. The maximum absolute atomic E-state index is 12.4. The number of rotatable bonds is 5. The van der Waals surface area contributed by atoms with E-state index in [9.17, 15) is 4.79 Å². The number of benzene rings is 1. The molecule has 0 aliphatic carbocycles. The number of piperidine rings is 1. The van der Waals surface area contributed by atoms with Crippen LogP contribution in [0.25, 0.3) is 11.3 Å². The third-order valence-electron chi connectivity index (χ3n) is 5.31. The van der Waals surface area contributed by atoms with Crippen molar-refractivity contribution in [1.82, 2.24) is 14.9 Å². The Labute approximate surface area is 171 Å². The van der Waals surface area contributed by atoms with Crippen LogP contribution in [0.15, 0.2) is 66.9 Å². The quantitative estimate of drug-likeness (QED) is 0.711. The highest BCUT2D eigenvalue weighted by atomic mass is 16.2. The average Bonchev–Trinajstić information content (AvgIpc) is 2.75. The van der Waals surface area contributed by atoms with Gasteiger partial charge in [-0.25, -0.2) is 4.98 Å². The molecule has 148 valence electrons. The first-order valence-corrected chi connectivity index (χ1v) is 10.1. The van der Waals surface area contributed by atoms with E-state index in [0.29, 0.717) is 18.3 Å². The number of likely N-dealkylation sites (tertiary alicyclic amines) is 1. The molecular weight excluding hydrogens is 360 g/mol. The van der Waals surface area contributed by atoms with Gasteiger partial charge in [-0.3, -0.25) is 14.7 Å². The van der Waals surface area contributed by atoms with Crippen molar-refractivity contribution in [1.29, 1.82) is 0 Å². The van der Waals surface area contributed by atoms with Gasteiger partial charge in [0.05, 0.1) is 12.2 Å². The molecule has 0 spiro atoms. The van der Waals surface area contributed by atoms with Gasteiger partial charge in [0.2, 0.25) is 5.91 Å². The van der Waals surface area contributed by atoms with Gasteiger partial charge >= 0.3 is 0 Å². The fourth-order valence-electron chi connectivity index (χ4n) is 3.91. The second kappa shape index (κ2) is 8.97. The van der Waals surface area contributed by atoms with Gasteiger partial charge in [0.15, 0.2) is 0 Å². The van der Waals surface area contributed by atoms with Gasteiger partial charge in [0.1, 0.15) is 5.82 Å². The first-order valence-electron chi connectivity index (χ1n) is 10.1. The molecule has 1 atom stereocenters. The third-order valence-corrected chi connectivity index (χ3v) is 5.31. The average molecular weight is 386 g/mol. The van der Waals surface area contributed by atoms with E-state index in [1.165, 1.54) is 5.56 Å². The van der Waals surface area contributed by atoms with Crippen molar-refractivity contribution in [2.45, 2.75) is 25.7 Å². The van der Waals surface area contributed by atoms with Gasteiger partial charge in [-0.15, -0.1) is 0 Å². The van der Waals surface area contributed by atoms with Crippen LogP contribution in [0.2, 0.25) is 0 Å². The predicted molar refractivity (Wildman–Crippen MR) is 116 cm³/mol. The van der Waals surface area contributed by atoms with Crippen LogP contribution in [0.1, 0.15) is 30.0 Å². The highest BCUT2D eigenvalue weighted by Gasteiger charge is 2.24. The van der Waals surface area contributed by atoms with Crippen LogP contribution in [0, 0.1) is 6.92 Å². The Balaban J connectivity index is 1.42. The molecule has 2 aromatic heterocycles. The van der Waals surface area contributed by atoms with E-state index in [-0.39, 0.29) is 5.91 Å². The number of anilines is 1. The highest BCUT2D eigenvalue weighted by molar-refractivity contribution is 5.91. The van der Waals surface area contributed by atoms with Crippen molar-refractivity contribution < 1.29 is 4.79 Å². The number of amides is 1. The molecule has 5 heteroatoms. The first-order chi connectivity index (χ1) is 14.2. The number of hydrogen-bond donors (Lipinski definition) is 1. The number of aryl methyl sites for hydroxylation is 1. The molecule has 1 N–H and O–H groups in total. The fraction of sp³-hybridized carbons (Fsp3) is 0.292. The monoisotopic (exact) mass is 386 g/mol. The predicted octanol–water partition coefficient (Wildman–Crippen LogP) is 4.27. The molecule has 29 heavy (non-hydrogen) atoms. The number of nitrogens with zero attached hydrogens (tertiary/aromatic N) is 3. The van der Waals surface area contributed by atoms with Crippen LogP contribution in [0.5, 0.6) is 0 Å². The summed E-state index contributed by atoms with van der Waals surface area (Å²) >= 11 is 0. The molecule has 0 saturated carbocycles. The Morgan fingerprint density at radius 1 is 1.14 bits per heavy atom. The summed E-state index contributed by atoms with van der Waals surface area (Å²) in [5.74, 6) is 0.917. The molecule has 0 unspecified atom stereocenters. The summed E-state index contributed by atoms with van der Waals surface area (Å²) in [6.07, 6.45) is 3.85. The lowest BCUT2D eigenvalue weighted by molar-refractivity contribution is -0.117. The van der Waals surface area contributed by atoms with Crippen molar-refractivity contribution in [2.24, 2.45) is 0 Å². The van der Waals surface area contributed by atoms with Crippen molar-refractivity contribution in [2.75, 3.05) is 25.0 Å². The number of carbonyl (C=O) groups excluding carboxylic acids is 1. The normalized spacial score (nSPS) is 17.1. The summed E-state index contributed by atoms with van der Waals surface area (Å²) in [7, 11) is 0. The molecule has 1 aliphatic heterocycles. The Hall–Kier alpha value is -3.05. The van der Waals surface area contributed by atoms with E-state index in [1.807, 2.05) is 12.1 Å². The van der Waals surface area contributed by atoms with Crippen LogP contribution in [-0.4, -0.2) is 40.4 Å². The van der Waals surface area contributed by atoms with Crippen molar-refractivity contribution in [3.63, 3.8) is 0 Å². The minimum atomic E-state index is -0.0224. The maximum Gasteiger partial charge on any atom is 0.239 e. The van der Waals surface area contributed by atoms with E-state index in [2.05, 4.69) is 64.6 Å². The third kappa shape index (κ3) is 5.06. The summed E-state index contributed by atoms with van der Waals surface area (Å²) < 4.78 is 0. The molecule has 1 fully saturated rings. The number of hydrogen-bond acceptors (Lipinski definition) is 4. The smallest absolute Gasteiger partial charge is 0.239 e. The molecule has 1 aliphatic rings. The lowest BCUT2D eigenvalue weighted by Crippen LogP contribution is -2.40. The van der Waals surface area contributed by atoms with Crippen molar-refractivity contribution in [3.05, 3.63) is 78.1 Å². The van der Waals surface area contributed by atoms with Gasteiger partial charge in [-0.1, -0.05) is 35.9 Å². The van der Waals surface area contributed by atoms with Gasteiger partial charge in [-0.2, -0.15) is 0 Å². The fourth-order valence-corrected chi connectivity index (χ4v) is 3.91. The standard InChI is InChI=1S/C24H26N4O/c1-18-7-4-8-19(15-18)21-10-5-11-22(26-21)20-9-6-14-28(16-20)17-24(29)27-23-12-2-3-13-25-23/h2-5,7-8,10-13,15,20H,6,9,14,16-17H2,1H3,(H,25,27,29)/t20-/m0/s1. The van der Waals surface area contributed by atoms with Crippen molar-refractivity contribution >= 4 is 11.7 Å². The zero-order chi connectivity index (χ0) is 20.1. The van der Waals surface area contributed by atoms with Crippen LogP contribution < -0.4 is 5.32 Å². The molecule has 1 saturated heterocycles. The largest absolute Gasteiger partial charge is 0.310 e. The Morgan fingerprint density at radius 3 is 2.86 bits per heavy atom. The lowest BCUT2D eigenvalue weighted by atomic mass is 9.93. The molecule has 1 aromatic carbocycles. The SMILES string of the molecule is Cc1cccc(-c2cccc([C@H]3CCCN(CC(=O)Nc4ccccn4)C3)n2)c1. The molecule has 4 rings (SSSR count). The number of carbonyl (C=O) groups is 1. The summed E-state index contributed by atoms with van der Waals surface area (Å²) in [6, 6.07) is 20.2. The summed E-state index contributed by atoms with van der Waals surface area (Å²) in [4.78, 5) is 23.7. The van der Waals surface area contributed by atoms with Crippen LogP contribution >= 0.6 is 0 Å². The van der Waals surface area contributed by atoms with E-state index in [4.69, 9.17) is 4.98 Å². The Kier molecular flexibility index (Phi) is 5.96. The van der Waals surface area contributed by atoms with Crippen LogP contribution in [0.4, 0.5) is 5.82 Å². The molecule has 5 nitrogen and oxygen atoms in total. The van der Waals surface area contributed by atoms with Gasteiger partial charge in [0, 0.05) is 29.9 Å². The second-order valence-corrected chi connectivity index (χ2v) is 7.65. The Morgan fingerprint density at radius 2 is 2.03 bits per heavy atom. The number of nitrogens with one attached hydrogen (secondary N) is 1. The topological polar surface area (TPSA) is 58.1 Å². The minimum absolute atomic E-state index is 0.0224. The van der Waals surface area contributed by atoms with E-state index < -0.39 is 0 Å². The van der Waals surface area contributed by atoms with Crippen LogP contribution in [-0.2, 0) is 4.79 Å². The van der Waals surface area contributed by atoms with E-state index >= 15 is 0 Å². The first kappa shape index (κ1) is 19.3. The second-order valence-electron chi connectivity index (χ2n) is 7.65. The summed E-state index contributed by atoms with van der Waals surface area (Å²) in [5.41, 5.74) is 4.50. The number of aromatic nitrogens is 2. The van der Waals surface area contributed by atoms with Crippen molar-refractivity contribution in [3.8, 4) is 11.3 Å². The number of pyridine rings is 2. The Bertz CT molecular complexity index is 973. The molecule has 3 heterocycles. The molecule has 0 radical (unpaired) electrons. The van der Waals surface area contributed by atoms with Gasteiger partial charge in [-0.05, 0) is 56.6 Å². The molecular formula is C24H26N4O. The lowest BCUT2D eigenvalue weighted by Gasteiger charge is -2.32. The zero-order valence-corrected chi connectivity index (χ0v) is 16.7. The maximum atomic E-state index is 12.4. The minimum Gasteiger partial charge on any atom is -0.310 e. The molecule has 1 amide bonds.